The van der Waals surface area contributed by atoms with Gasteiger partial charge in [0.05, 0.1) is 23.5 Å². The second-order valence-electron chi connectivity index (χ2n) is 24.4. The van der Waals surface area contributed by atoms with Crippen LogP contribution in [0.25, 0.3) is 0 Å². The van der Waals surface area contributed by atoms with Gasteiger partial charge in [-0.3, -0.25) is 4.68 Å². The lowest BCUT2D eigenvalue weighted by Gasteiger charge is -2.32. The van der Waals surface area contributed by atoms with Crippen molar-refractivity contribution in [3.05, 3.63) is 24.2 Å². The summed E-state index contributed by atoms with van der Waals surface area (Å²) < 4.78 is 21.0. The molecule has 0 N–H and O–H groups in total. The van der Waals surface area contributed by atoms with Gasteiger partial charge in [-0.25, -0.2) is 0 Å². The molecule has 0 amide bonds. The molecule has 1 aromatic heterocycles. The fourth-order valence-corrected chi connectivity index (χ4v) is 8.88. The molecule has 0 saturated heterocycles. The molecule has 0 aromatic carbocycles. The summed E-state index contributed by atoms with van der Waals surface area (Å²) in [6.45, 7) is 50.4. The van der Waals surface area contributed by atoms with Crippen molar-refractivity contribution in [3.8, 4) is 0 Å². The number of rotatable bonds is 38. The van der Waals surface area contributed by atoms with Crippen LogP contribution in [0.15, 0.2) is 18.5 Å². The monoisotopic (exact) mass is 873 g/mol. The number of ether oxygens (including phenoxy) is 3. The molecule has 62 heavy (non-hydrogen) atoms. The lowest BCUT2D eigenvalue weighted by Crippen LogP contribution is -2.31. The fraction of sp³-hybridized carbons (Fsp3) is 0.927. The topological polar surface area (TPSA) is 61.6 Å². The van der Waals surface area contributed by atoms with Gasteiger partial charge in [0.2, 0.25) is 0 Å². The standard InChI is InChI=1S/C55H108N4O3/c1-19-20-25-38-60-41-37-58(49(7)47(5)27-26-30-53(13,14)34-39-61-54(15,16)31-28-45(2)3)35-24-22-21-23-29-52(11,12)33-40-62-55(17,18)32-36-59-44-50(56-57-59)48(6)42-46(4)43-51(8,9)10/h44-48H,7,19-43H2,1-6,8-18H3. The smallest absolute Gasteiger partial charge is 0.0855 e. The van der Waals surface area contributed by atoms with Gasteiger partial charge in [-0.05, 0) is 139 Å². The van der Waals surface area contributed by atoms with Gasteiger partial charge in [0, 0.05) is 57.3 Å². The fourth-order valence-electron chi connectivity index (χ4n) is 8.88. The number of allylic oxidation sites excluding steroid dienone is 1. The lowest BCUT2D eigenvalue weighted by atomic mass is 9.81. The minimum absolute atomic E-state index is 0.0320. The molecule has 0 aliphatic carbocycles. The Morgan fingerprint density at radius 1 is 0.661 bits per heavy atom. The van der Waals surface area contributed by atoms with E-state index >= 15 is 0 Å². The Balaban J connectivity index is 2.49. The van der Waals surface area contributed by atoms with Gasteiger partial charge in [-0.1, -0.05) is 140 Å². The Labute approximate surface area is 387 Å². The van der Waals surface area contributed by atoms with E-state index < -0.39 is 0 Å². The zero-order valence-corrected chi connectivity index (χ0v) is 44.8. The summed E-state index contributed by atoms with van der Waals surface area (Å²) in [4.78, 5) is 2.56. The molecule has 0 saturated carbocycles. The molecule has 0 bridgehead atoms. The summed E-state index contributed by atoms with van der Waals surface area (Å²) in [7, 11) is 0. The van der Waals surface area contributed by atoms with Crippen LogP contribution in [0.5, 0.6) is 0 Å². The van der Waals surface area contributed by atoms with Gasteiger partial charge < -0.3 is 19.1 Å². The maximum Gasteiger partial charge on any atom is 0.0855 e. The van der Waals surface area contributed by atoms with Crippen LogP contribution < -0.4 is 0 Å². The van der Waals surface area contributed by atoms with E-state index in [1.165, 1.54) is 82.7 Å². The third-order valence-electron chi connectivity index (χ3n) is 13.5. The molecule has 1 rings (SSSR count). The number of unbranched alkanes of at least 4 members (excludes halogenated alkanes) is 5. The second-order valence-corrected chi connectivity index (χ2v) is 24.4. The summed E-state index contributed by atoms with van der Waals surface area (Å²) >= 11 is 0. The highest BCUT2D eigenvalue weighted by Gasteiger charge is 2.26. The van der Waals surface area contributed by atoms with Gasteiger partial charge >= 0.3 is 0 Å². The highest BCUT2D eigenvalue weighted by molar-refractivity contribution is 5.01. The summed E-state index contributed by atoms with van der Waals surface area (Å²) in [6.07, 6.45) is 23.5. The van der Waals surface area contributed by atoms with Crippen LogP contribution in [0.3, 0.4) is 0 Å². The Hall–Kier alpha value is -1.44. The zero-order valence-electron chi connectivity index (χ0n) is 44.8. The van der Waals surface area contributed by atoms with E-state index in [1.54, 1.807) is 0 Å². The molecule has 7 nitrogen and oxygen atoms in total. The maximum absolute atomic E-state index is 6.50. The Morgan fingerprint density at radius 3 is 1.85 bits per heavy atom. The molecule has 0 fully saturated rings. The molecule has 0 spiro atoms. The zero-order chi connectivity index (χ0) is 47.0. The molecular formula is C55H108N4O3. The minimum atomic E-state index is -0.195. The average molecular weight is 873 g/mol. The number of hydrogen-bond acceptors (Lipinski definition) is 6. The van der Waals surface area contributed by atoms with E-state index in [2.05, 4.69) is 146 Å². The van der Waals surface area contributed by atoms with E-state index in [0.29, 0.717) is 23.2 Å². The van der Waals surface area contributed by atoms with Crippen molar-refractivity contribution in [2.24, 2.45) is 34.0 Å². The highest BCUT2D eigenvalue weighted by Crippen LogP contribution is 2.33. The molecular weight excluding hydrogens is 765 g/mol. The SMILES string of the molecule is C=C(C(C)CCCC(C)(C)CCOC(C)(C)CCC(C)C)N(CCCCCCC(C)(C)CCOC(C)(C)CCn1cc(C(C)CC(C)CC(C)(C)C)nn1)CCOCCCCC. The lowest BCUT2D eigenvalue weighted by molar-refractivity contribution is -0.0383. The number of nitrogens with zero attached hydrogens (tertiary/aromatic N) is 4. The first-order valence-corrected chi connectivity index (χ1v) is 25.9. The van der Waals surface area contributed by atoms with Crippen LogP contribution in [0.2, 0.25) is 0 Å². The van der Waals surface area contributed by atoms with E-state index in [-0.39, 0.29) is 22.0 Å². The molecule has 366 valence electrons. The Morgan fingerprint density at radius 2 is 1.26 bits per heavy atom. The summed E-state index contributed by atoms with van der Waals surface area (Å²) in [5, 5.41) is 9.03. The maximum atomic E-state index is 6.50. The molecule has 3 unspecified atom stereocenters. The van der Waals surface area contributed by atoms with Crippen LogP contribution in [-0.2, 0) is 20.8 Å². The van der Waals surface area contributed by atoms with Gasteiger partial charge in [0.25, 0.3) is 0 Å². The van der Waals surface area contributed by atoms with Crippen LogP contribution in [0, 0.1) is 34.0 Å². The van der Waals surface area contributed by atoms with Crippen LogP contribution in [0.1, 0.15) is 245 Å². The third kappa shape index (κ3) is 29.2. The van der Waals surface area contributed by atoms with Crippen molar-refractivity contribution >= 4 is 0 Å². The van der Waals surface area contributed by atoms with Gasteiger partial charge in [-0.15, -0.1) is 5.10 Å². The summed E-state index contributed by atoms with van der Waals surface area (Å²) in [5.41, 5.74) is 3.10. The van der Waals surface area contributed by atoms with E-state index in [4.69, 9.17) is 14.2 Å². The van der Waals surface area contributed by atoms with Crippen molar-refractivity contribution in [3.63, 3.8) is 0 Å². The molecule has 0 radical (unpaired) electrons. The highest BCUT2D eigenvalue weighted by atomic mass is 16.5. The molecule has 1 heterocycles. The Bertz CT molecular complexity index is 1290. The van der Waals surface area contributed by atoms with Crippen molar-refractivity contribution in [2.45, 2.75) is 257 Å². The minimum Gasteiger partial charge on any atom is -0.380 e. The second kappa shape index (κ2) is 29.3. The quantitative estimate of drug-likeness (QED) is 0.0617. The van der Waals surface area contributed by atoms with Crippen molar-refractivity contribution in [2.75, 3.05) is 39.5 Å². The average Bonchev–Trinajstić information content (AvgIpc) is 3.63. The van der Waals surface area contributed by atoms with E-state index in [0.717, 1.165) is 96.2 Å². The predicted octanol–water partition coefficient (Wildman–Crippen LogP) is 15.9. The first kappa shape index (κ1) is 58.6. The Kier molecular flexibility index (Phi) is 27.6. The van der Waals surface area contributed by atoms with Gasteiger partial charge in [-0.2, -0.15) is 0 Å². The molecule has 1 aromatic rings. The summed E-state index contributed by atoms with van der Waals surface area (Å²) in [5.74, 6) is 2.30. The number of hydrogen-bond donors (Lipinski definition) is 0. The summed E-state index contributed by atoms with van der Waals surface area (Å²) in [6, 6.07) is 0. The predicted molar refractivity (Wildman–Crippen MR) is 269 cm³/mol. The molecule has 3 atom stereocenters. The van der Waals surface area contributed by atoms with Crippen molar-refractivity contribution in [1.29, 1.82) is 0 Å². The normalized spacial score (nSPS) is 14.7. The first-order valence-electron chi connectivity index (χ1n) is 25.9. The van der Waals surface area contributed by atoms with Crippen LogP contribution in [0.4, 0.5) is 0 Å². The van der Waals surface area contributed by atoms with Gasteiger partial charge in [0.15, 0.2) is 0 Å². The number of aromatic nitrogens is 3. The van der Waals surface area contributed by atoms with E-state index in [9.17, 15) is 0 Å². The van der Waals surface area contributed by atoms with Gasteiger partial charge in [0.1, 0.15) is 0 Å². The van der Waals surface area contributed by atoms with E-state index in [1.807, 2.05) is 4.68 Å². The third-order valence-corrected chi connectivity index (χ3v) is 13.5. The van der Waals surface area contributed by atoms with Crippen LogP contribution >= 0.6 is 0 Å². The molecule has 0 aliphatic rings. The van der Waals surface area contributed by atoms with Crippen molar-refractivity contribution < 1.29 is 14.2 Å². The largest absolute Gasteiger partial charge is 0.380 e. The van der Waals surface area contributed by atoms with Crippen LogP contribution in [-0.4, -0.2) is 70.6 Å². The molecule has 0 aliphatic heterocycles. The number of aryl methyl sites for hydroxylation is 1. The first-order chi connectivity index (χ1) is 28.8. The van der Waals surface area contributed by atoms with Crippen molar-refractivity contribution in [1.82, 2.24) is 19.9 Å². The molecule has 7 heteroatoms.